The molecule has 0 unspecified atom stereocenters. The Hall–Kier alpha value is -8.20. The predicted molar refractivity (Wildman–Crippen MR) is 262 cm³/mol. The van der Waals surface area contributed by atoms with Crippen molar-refractivity contribution in [1.29, 1.82) is 0 Å². The Morgan fingerprint density at radius 2 is 0.873 bits per heavy atom. The number of rotatable bonds is 8. The minimum atomic E-state index is -0.533. The highest BCUT2D eigenvalue weighted by Crippen LogP contribution is 2.57. The van der Waals surface area contributed by atoms with E-state index >= 15 is 0 Å². The molecule has 1 aromatic heterocycles. The summed E-state index contributed by atoms with van der Waals surface area (Å²) in [6.45, 7) is 0. The summed E-state index contributed by atoms with van der Waals surface area (Å²) in [6.07, 6.45) is 0. The summed E-state index contributed by atoms with van der Waals surface area (Å²) in [6, 6.07) is 90.3. The van der Waals surface area contributed by atoms with Crippen molar-refractivity contribution < 1.29 is 4.42 Å². The van der Waals surface area contributed by atoms with Crippen LogP contribution in [0.25, 0.3) is 66.4 Å². The largest absolute Gasteiger partial charge is 0.455 e. The van der Waals surface area contributed by atoms with Gasteiger partial charge in [-0.15, -0.1) is 0 Å². The van der Waals surface area contributed by atoms with Crippen LogP contribution in [0.5, 0.6) is 0 Å². The van der Waals surface area contributed by atoms with E-state index in [0.717, 1.165) is 61.3 Å². The van der Waals surface area contributed by atoms with E-state index < -0.39 is 5.41 Å². The Kier molecular flexibility index (Phi) is 8.76. The first-order valence-corrected chi connectivity index (χ1v) is 21.7. The number of hydrogen-bond donors (Lipinski definition) is 0. The number of para-hydroxylation sites is 3. The number of fused-ring (bicyclic) bond motifs is 6. The van der Waals surface area contributed by atoms with Crippen molar-refractivity contribution in [3.8, 4) is 44.5 Å². The van der Waals surface area contributed by atoms with Crippen LogP contribution < -0.4 is 4.90 Å². The number of furan rings is 1. The standard InChI is InChI=1S/C61H41NO/c1-4-18-42(19-5-1)44-20-16-21-45(40-44)50-26-11-14-32-58(50)62(48-36-34-43(35-37-48)51-29-17-30-55-54-28-12-15-33-59(54)63-60(51)55)49-38-39-53-52-27-10-13-31-56(52)61(57(53)41-49,46-22-6-2-7-23-46)47-24-8-3-9-25-47/h1-41H. The lowest BCUT2D eigenvalue weighted by Gasteiger charge is -2.35. The second-order valence-corrected chi connectivity index (χ2v) is 16.4. The van der Waals surface area contributed by atoms with Crippen molar-refractivity contribution in [2.24, 2.45) is 0 Å². The van der Waals surface area contributed by atoms with E-state index in [1.165, 1.54) is 44.5 Å². The zero-order valence-corrected chi connectivity index (χ0v) is 34.5. The van der Waals surface area contributed by atoms with E-state index in [2.05, 4.69) is 241 Å². The maximum atomic E-state index is 6.51. The molecule has 0 aliphatic heterocycles. The fourth-order valence-corrected chi connectivity index (χ4v) is 10.2. The van der Waals surface area contributed by atoms with Gasteiger partial charge in [-0.25, -0.2) is 0 Å². The van der Waals surface area contributed by atoms with Gasteiger partial charge in [0.1, 0.15) is 11.2 Å². The van der Waals surface area contributed by atoms with Crippen LogP contribution in [0, 0.1) is 0 Å². The molecule has 0 N–H and O–H groups in total. The Morgan fingerprint density at radius 3 is 1.65 bits per heavy atom. The molecule has 0 fully saturated rings. The van der Waals surface area contributed by atoms with Gasteiger partial charge in [0.15, 0.2) is 0 Å². The summed E-state index contributed by atoms with van der Waals surface area (Å²) in [4.78, 5) is 2.44. The van der Waals surface area contributed by atoms with Crippen LogP contribution in [-0.4, -0.2) is 0 Å². The van der Waals surface area contributed by atoms with E-state index in [0.29, 0.717) is 0 Å². The quantitative estimate of drug-likeness (QED) is 0.152. The molecule has 11 aromatic rings. The highest BCUT2D eigenvalue weighted by atomic mass is 16.3. The molecule has 0 saturated carbocycles. The lowest BCUT2D eigenvalue weighted by atomic mass is 9.67. The smallest absolute Gasteiger partial charge is 0.143 e. The molecule has 1 aliphatic carbocycles. The molecule has 1 heterocycles. The molecule has 296 valence electrons. The van der Waals surface area contributed by atoms with E-state index in [-0.39, 0.29) is 0 Å². The minimum absolute atomic E-state index is 0.533. The van der Waals surface area contributed by atoms with Crippen molar-refractivity contribution in [1.82, 2.24) is 0 Å². The maximum Gasteiger partial charge on any atom is 0.143 e. The van der Waals surface area contributed by atoms with E-state index in [1.54, 1.807) is 0 Å². The van der Waals surface area contributed by atoms with Crippen molar-refractivity contribution in [3.63, 3.8) is 0 Å². The van der Waals surface area contributed by atoms with Gasteiger partial charge in [-0.3, -0.25) is 0 Å². The summed E-state index contributed by atoms with van der Waals surface area (Å²) < 4.78 is 6.51. The third kappa shape index (κ3) is 5.95. The molecule has 2 heteroatoms. The van der Waals surface area contributed by atoms with Crippen LogP contribution in [0.4, 0.5) is 17.1 Å². The summed E-state index contributed by atoms with van der Waals surface area (Å²) in [5, 5.41) is 2.26. The zero-order valence-electron chi connectivity index (χ0n) is 34.5. The topological polar surface area (TPSA) is 16.4 Å². The number of nitrogens with zero attached hydrogens (tertiary/aromatic N) is 1. The molecule has 1 aliphatic rings. The van der Waals surface area contributed by atoms with Gasteiger partial charge >= 0.3 is 0 Å². The number of hydrogen-bond acceptors (Lipinski definition) is 2. The fourth-order valence-electron chi connectivity index (χ4n) is 10.2. The molecule has 2 nitrogen and oxygen atoms in total. The molecular formula is C61H41NO. The first-order chi connectivity index (χ1) is 31.3. The predicted octanol–water partition coefficient (Wildman–Crippen LogP) is 16.4. The summed E-state index contributed by atoms with van der Waals surface area (Å²) in [5.41, 5.74) is 18.9. The zero-order chi connectivity index (χ0) is 41.7. The van der Waals surface area contributed by atoms with Gasteiger partial charge in [0.05, 0.1) is 11.1 Å². The van der Waals surface area contributed by atoms with Gasteiger partial charge in [-0.2, -0.15) is 0 Å². The SMILES string of the molecule is c1ccc(-c2cccc(-c3ccccc3N(c3ccc(-c4cccc5c4oc4ccccc45)cc3)c3ccc4c(c3)C(c3ccccc3)(c3ccccc3)c3ccccc3-4)c2)cc1. The van der Waals surface area contributed by atoms with Crippen molar-refractivity contribution in [2.45, 2.75) is 5.41 Å². The molecule has 12 rings (SSSR count). The van der Waals surface area contributed by atoms with Crippen molar-refractivity contribution >= 4 is 39.0 Å². The van der Waals surface area contributed by atoms with Crippen molar-refractivity contribution in [3.05, 3.63) is 271 Å². The normalized spacial score (nSPS) is 12.6. The summed E-state index contributed by atoms with van der Waals surface area (Å²) in [7, 11) is 0. The molecule has 0 amide bonds. The Morgan fingerprint density at radius 1 is 0.317 bits per heavy atom. The molecule has 0 bridgehead atoms. The first-order valence-electron chi connectivity index (χ1n) is 21.7. The molecule has 10 aromatic carbocycles. The third-order valence-corrected chi connectivity index (χ3v) is 13.0. The maximum absolute atomic E-state index is 6.51. The highest BCUT2D eigenvalue weighted by molar-refractivity contribution is 6.09. The minimum Gasteiger partial charge on any atom is -0.455 e. The van der Waals surface area contributed by atoms with E-state index in [9.17, 15) is 0 Å². The van der Waals surface area contributed by atoms with Crippen LogP contribution in [-0.2, 0) is 5.41 Å². The first kappa shape index (κ1) is 36.6. The van der Waals surface area contributed by atoms with Crippen LogP contribution in [0.2, 0.25) is 0 Å². The van der Waals surface area contributed by atoms with Crippen molar-refractivity contribution in [2.75, 3.05) is 4.90 Å². The molecule has 0 radical (unpaired) electrons. The van der Waals surface area contributed by atoms with Crippen LogP contribution in [0.15, 0.2) is 253 Å². The van der Waals surface area contributed by atoms with E-state index in [4.69, 9.17) is 4.42 Å². The monoisotopic (exact) mass is 803 g/mol. The third-order valence-electron chi connectivity index (χ3n) is 13.0. The average molecular weight is 804 g/mol. The number of anilines is 3. The van der Waals surface area contributed by atoms with Gasteiger partial charge in [0.2, 0.25) is 0 Å². The highest BCUT2D eigenvalue weighted by Gasteiger charge is 2.46. The molecule has 0 spiro atoms. The van der Waals surface area contributed by atoms with Crippen LogP contribution in [0.1, 0.15) is 22.3 Å². The van der Waals surface area contributed by atoms with E-state index in [1.807, 2.05) is 12.1 Å². The second kappa shape index (κ2) is 15.1. The van der Waals surface area contributed by atoms with Gasteiger partial charge < -0.3 is 9.32 Å². The van der Waals surface area contributed by atoms with Crippen LogP contribution >= 0.6 is 0 Å². The fraction of sp³-hybridized carbons (Fsp3) is 0.0164. The van der Waals surface area contributed by atoms with Gasteiger partial charge in [-0.05, 0) is 98.1 Å². The molecule has 0 saturated heterocycles. The molecule has 63 heavy (non-hydrogen) atoms. The van der Waals surface area contributed by atoms with Gasteiger partial charge in [-0.1, -0.05) is 206 Å². The average Bonchev–Trinajstić information content (AvgIpc) is 3.89. The Bertz CT molecular complexity index is 3400. The summed E-state index contributed by atoms with van der Waals surface area (Å²) in [5.74, 6) is 0. The molecule has 0 atom stereocenters. The number of benzene rings is 10. The lowest BCUT2D eigenvalue weighted by molar-refractivity contribution is 0.670. The van der Waals surface area contributed by atoms with Gasteiger partial charge in [0.25, 0.3) is 0 Å². The molecular weight excluding hydrogens is 763 g/mol. The Balaban J connectivity index is 1.08. The second-order valence-electron chi connectivity index (χ2n) is 16.4. The van der Waals surface area contributed by atoms with Crippen LogP contribution in [0.3, 0.4) is 0 Å². The Labute approximate surface area is 367 Å². The summed E-state index contributed by atoms with van der Waals surface area (Å²) >= 11 is 0. The van der Waals surface area contributed by atoms with Gasteiger partial charge in [0, 0.05) is 33.3 Å². The lowest BCUT2D eigenvalue weighted by Crippen LogP contribution is -2.28.